The number of fused-ring (bicyclic) bond motifs is 1. The number of halogens is 6. The topological polar surface area (TPSA) is 50.8 Å². The molecule has 0 amide bonds. The minimum atomic E-state index is -4.87. The monoisotopic (exact) mass is 347 g/mol. The molecule has 0 fully saturated rings. The normalized spacial score (nSPS) is 12.6. The SMILES string of the molecule is FC(F)(F)Oc1cccc(-c2ccnc3nc(C(F)(F)F)[nH]c23)c1. The van der Waals surface area contributed by atoms with E-state index in [0.717, 1.165) is 12.1 Å². The Bertz CT molecular complexity index is 884. The Morgan fingerprint density at radius 1 is 1.00 bits per heavy atom. The second-order valence-corrected chi connectivity index (χ2v) is 4.72. The van der Waals surface area contributed by atoms with Crippen LogP contribution in [0, 0.1) is 0 Å². The van der Waals surface area contributed by atoms with E-state index < -0.39 is 24.1 Å². The first-order chi connectivity index (χ1) is 11.1. The lowest BCUT2D eigenvalue weighted by Crippen LogP contribution is -2.17. The van der Waals surface area contributed by atoms with Crippen LogP contribution in [-0.2, 0) is 6.18 Å². The Hall–Kier alpha value is -2.78. The van der Waals surface area contributed by atoms with Crippen molar-refractivity contribution in [1.29, 1.82) is 0 Å². The van der Waals surface area contributed by atoms with Crippen LogP contribution in [0.25, 0.3) is 22.3 Å². The molecule has 0 saturated carbocycles. The van der Waals surface area contributed by atoms with Crippen molar-refractivity contribution in [3.63, 3.8) is 0 Å². The van der Waals surface area contributed by atoms with Crippen LogP contribution in [0.5, 0.6) is 5.75 Å². The Morgan fingerprint density at radius 2 is 1.75 bits per heavy atom. The number of imidazole rings is 1. The van der Waals surface area contributed by atoms with Gasteiger partial charge in [-0.2, -0.15) is 13.2 Å². The number of hydrogen-bond acceptors (Lipinski definition) is 3. The van der Waals surface area contributed by atoms with Crippen molar-refractivity contribution < 1.29 is 31.1 Å². The molecule has 3 aromatic rings. The van der Waals surface area contributed by atoms with Gasteiger partial charge in [0.15, 0.2) is 5.65 Å². The van der Waals surface area contributed by atoms with Gasteiger partial charge in [0.1, 0.15) is 5.75 Å². The van der Waals surface area contributed by atoms with Gasteiger partial charge < -0.3 is 9.72 Å². The van der Waals surface area contributed by atoms with Crippen molar-refractivity contribution in [2.24, 2.45) is 0 Å². The maximum Gasteiger partial charge on any atom is 0.573 e. The highest BCUT2D eigenvalue weighted by atomic mass is 19.4. The van der Waals surface area contributed by atoms with Gasteiger partial charge in [-0.15, -0.1) is 13.2 Å². The van der Waals surface area contributed by atoms with Gasteiger partial charge in [0.2, 0.25) is 5.82 Å². The maximum absolute atomic E-state index is 12.7. The summed E-state index contributed by atoms with van der Waals surface area (Å²) in [4.78, 5) is 9.19. The highest BCUT2D eigenvalue weighted by molar-refractivity contribution is 5.90. The molecule has 0 radical (unpaired) electrons. The zero-order chi connectivity index (χ0) is 17.5. The molecule has 0 unspecified atom stereocenters. The van der Waals surface area contributed by atoms with Crippen LogP contribution in [0.4, 0.5) is 26.3 Å². The van der Waals surface area contributed by atoms with Crippen molar-refractivity contribution in [3.8, 4) is 16.9 Å². The molecule has 24 heavy (non-hydrogen) atoms. The molecule has 1 N–H and O–H groups in total. The molecule has 0 aliphatic rings. The molecule has 0 atom stereocenters. The highest BCUT2D eigenvalue weighted by Gasteiger charge is 2.35. The molecule has 0 aliphatic heterocycles. The van der Waals surface area contributed by atoms with Crippen LogP contribution in [0.3, 0.4) is 0 Å². The molecule has 3 rings (SSSR count). The van der Waals surface area contributed by atoms with Gasteiger partial charge in [0.25, 0.3) is 0 Å². The van der Waals surface area contributed by atoms with Gasteiger partial charge in [-0.3, -0.25) is 0 Å². The first-order valence-electron chi connectivity index (χ1n) is 6.41. The molecule has 0 saturated heterocycles. The predicted octanol–water partition coefficient (Wildman–Crippen LogP) is 4.54. The Kier molecular flexibility index (Phi) is 3.61. The van der Waals surface area contributed by atoms with E-state index in [1.165, 1.54) is 24.4 Å². The molecule has 10 heteroatoms. The lowest BCUT2D eigenvalue weighted by atomic mass is 10.1. The number of nitrogens with one attached hydrogen (secondary N) is 1. The largest absolute Gasteiger partial charge is 0.573 e. The van der Waals surface area contributed by atoms with Gasteiger partial charge in [-0.1, -0.05) is 12.1 Å². The molecule has 2 heterocycles. The summed E-state index contributed by atoms with van der Waals surface area (Å²) in [6.07, 6.45) is -8.35. The van der Waals surface area contributed by atoms with Gasteiger partial charge >= 0.3 is 12.5 Å². The lowest BCUT2D eigenvalue weighted by molar-refractivity contribution is -0.274. The van der Waals surface area contributed by atoms with E-state index in [0.29, 0.717) is 0 Å². The third kappa shape index (κ3) is 3.26. The number of rotatable bonds is 2. The van der Waals surface area contributed by atoms with E-state index in [2.05, 4.69) is 19.7 Å². The van der Waals surface area contributed by atoms with Crippen molar-refractivity contribution >= 4 is 11.2 Å². The zero-order valence-electron chi connectivity index (χ0n) is 11.5. The molecule has 1 aromatic carbocycles. The summed E-state index contributed by atoms with van der Waals surface area (Å²) in [5.74, 6) is -1.72. The Morgan fingerprint density at radius 3 is 2.42 bits per heavy atom. The summed E-state index contributed by atoms with van der Waals surface area (Å²) in [6, 6.07) is 6.25. The fourth-order valence-corrected chi connectivity index (χ4v) is 2.15. The van der Waals surface area contributed by atoms with Crippen LogP contribution >= 0.6 is 0 Å². The number of alkyl halides is 6. The first kappa shape index (κ1) is 16.1. The number of aromatic nitrogens is 3. The van der Waals surface area contributed by atoms with E-state index in [4.69, 9.17) is 0 Å². The van der Waals surface area contributed by atoms with Gasteiger partial charge in [-0.05, 0) is 23.8 Å². The standard InChI is InChI=1S/C14H7F6N3O/c15-13(16,17)12-22-10-9(4-5-21-11(10)23-12)7-2-1-3-8(6-7)24-14(18,19)20/h1-6H,(H,21,22,23). The number of aromatic amines is 1. The molecule has 2 aromatic heterocycles. The highest BCUT2D eigenvalue weighted by Crippen LogP contribution is 2.33. The summed E-state index contributed by atoms with van der Waals surface area (Å²) in [5.41, 5.74) is 0.216. The van der Waals surface area contributed by atoms with E-state index in [1.54, 1.807) is 0 Å². The third-order valence-electron chi connectivity index (χ3n) is 3.04. The predicted molar refractivity (Wildman–Crippen MR) is 71.0 cm³/mol. The van der Waals surface area contributed by atoms with Gasteiger partial charge in [0.05, 0.1) is 5.52 Å². The van der Waals surface area contributed by atoms with Crippen molar-refractivity contribution in [1.82, 2.24) is 15.0 Å². The first-order valence-corrected chi connectivity index (χ1v) is 6.41. The average molecular weight is 347 g/mol. The molecule has 0 aliphatic carbocycles. The molecular weight excluding hydrogens is 340 g/mol. The number of pyridine rings is 1. The summed E-state index contributed by atoms with van der Waals surface area (Å²) >= 11 is 0. The fourth-order valence-electron chi connectivity index (χ4n) is 2.15. The molecule has 0 spiro atoms. The third-order valence-corrected chi connectivity index (χ3v) is 3.04. The quantitative estimate of drug-likeness (QED) is 0.693. The molecular formula is C14H7F6N3O. The minimum absolute atomic E-state index is 0.0333. The Labute approximate surface area is 130 Å². The summed E-state index contributed by atoms with van der Waals surface area (Å²) in [5, 5.41) is 0. The van der Waals surface area contributed by atoms with Crippen molar-refractivity contribution in [2.45, 2.75) is 12.5 Å². The van der Waals surface area contributed by atoms with Crippen LogP contribution < -0.4 is 4.74 Å². The van der Waals surface area contributed by atoms with Crippen molar-refractivity contribution in [3.05, 3.63) is 42.4 Å². The lowest BCUT2D eigenvalue weighted by Gasteiger charge is -2.10. The number of ether oxygens (including phenoxy) is 1. The summed E-state index contributed by atoms with van der Waals surface area (Å²) in [7, 11) is 0. The van der Waals surface area contributed by atoms with Crippen LogP contribution in [0.1, 0.15) is 5.82 Å². The van der Waals surface area contributed by atoms with Crippen LogP contribution in [0.2, 0.25) is 0 Å². The maximum atomic E-state index is 12.7. The smallest absolute Gasteiger partial charge is 0.406 e. The van der Waals surface area contributed by atoms with E-state index in [9.17, 15) is 26.3 Å². The van der Waals surface area contributed by atoms with Crippen LogP contribution in [0.15, 0.2) is 36.5 Å². The molecule has 0 bridgehead atoms. The number of H-pyrrole nitrogens is 1. The second-order valence-electron chi connectivity index (χ2n) is 4.72. The number of nitrogens with zero attached hydrogens (tertiary/aromatic N) is 2. The number of hydrogen-bond donors (Lipinski definition) is 1. The molecule has 126 valence electrons. The van der Waals surface area contributed by atoms with Gasteiger partial charge in [-0.25, -0.2) is 9.97 Å². The van der Waals surface area contributed by atoms with Gasteiger partial charge in [0, 0.05) is 11.8 Å². The summed E-state index contributed by atoms with van der Waals surface area (Å²) < 4.78 is 78.9. The van der Waals surface area contributed by atoms with Crippen LogP contribution in [-0.4, -0.2) is 21.3 Å². The van der Waals surface area contributed by atoms with E-state index in [-0.39, 0.29) is 22.3 Å². The minimum Gasteiger partial charge on any atom is -0.406 e. The molecule has 4 nitrogen and oxygen atoms in total. The average Bonchev–Trinajstić information content (AvgIpc) is 2.89. The fraction of sp³-hybridized carbons (Fsp3) is 0.143. The Balaban J connectivity index is 2.10. The zero-order valence-corrected chi connectivity index (χ0v) is 11.5. The van der Waals surface area contributed by atoms with E-state index in [1.807, 2.05) is 0 Å². The number of benzene rings is 1. The van der Waals surface area contributed by atoms with Crippen molar-refractivity contribution in [2.75, 3.05) is 0 Å². The second kappa shape index (κ2) is 5.39. The van der Waals surface area contributed by atoms with E-state index >= 15 is 0 Å². The summed E-state index contributed by atoms with van der Waals surface area (Å²) in [6.45, 7) is 0.